The summed E-state index contributed by atoms with van der Waals surface area (Å²) in [7, 11) is 3.42. The standard InChI is InChI=1S/C24H31N5O3/c1-17-4-5-18(14-21(17)32-3)10-11-27-24(25-2)28-15-19-6-8-20(9-7-19)23(31)29-13-12-26-22(30)16-29/h4-9,14H,10-13,15-16H2,1-3H3,(H,26,30)(H2,25,27,28). The highest BCUT2D eigenvalue weighted by Crippen LogP contribution is 2.19. The summed E-state index contributed by atoms with van der Waals surface area (Å²) in [5, 5.41) is 9.33. The van der Waals surface area contributed by atoms with Gasteiger partial charge in [-0.05, 0) is 48.2 Å². The van der Waals surface area contributed by atoms with E-state index in [-0.39, 0.29) is 18.4 Å². The molecule has 1 aliphatic rings. The minimum absolute atomic E-state index is 0.111. The fourth-order valence-corrected chi connectivity index (χ4v) is 3.51. The van der Waals surface area contributed by atoms with Crippen molar-refractivity contribution in [3.05, 3.63) is 64.7 Å². The number of piperazine rings is 1. The number of benzene rings is 2. The van der Waals surface area contributed by atoms with E-state index in [0.29, 0.717) is 31.2 Å². The van der Waals surface area contributed by atoms with Crippen LogP contribution in [-0.2, 0) is 17.8 Å². The van der Waals surface area contributed by atoms with Crippen molar-refractivity contribution in [3.8, 4) is 5.75 Å². The molecule has 1 aliphatic heterocycles. The van der Waals surface area contributed by atoms with E-state index in [1.54, 1.807) is 31.2 Å². The summed E-state index contributed by atoms with van der Waals surface area (Å²) in [6.07, 6.45) is 0.850. The predicted molar refractivity (Wildman–Crippen MR) is 125 cm³/mol. The van der Waals surface area contributed by atoms with Crippen LogP contribution in [0.15, 0.2) is 47.5 Å². The Morgan fingerprint density at radius 3 is 2.59 bits per heavy atom. The van der Waals surface area contributed by atoms with E-state index in [0.717, 1.165) is 29.8 Å². The second-order valence-corrected chi connectivity index (χ2v) is 7.68. The molecule has 0 atom stereocenters. The quantitative estimate of drug-likeness (QED) is 0.451. The fraction of sp³-hybridized carbons (Fsp3) is 0.375. The van der Waals surface area contributed by atoms with Crippen molar-refractivity contribution in [1.82, 2.24) is 20.9 Å². The summed E-state index contributed by atoms with van der Waals surface area (Å²) in [5.41, 5.74) is 3.93. The van der Waals surface area contributed by atoms with Crippen LogP contribution in [0.2, 0.25) is 0 Å². The molecule has 0 unspecified atom stereocenters. The predicted octanol–water partition coefficient (Wildman–Crippen LogP) is 1.48. The third-order valence-electron chi connectivity index (χ3n) is 5.39. The van der Waals surface area contributed by atoms with E-state index in [4.69, 9.17) is 4.74 Å². The van der Waals surface area contributed by atoms with E-state index < -0.39 is 0 Å². The zero-order valence-corrected chi connectivity index (χ0v) is 18.9. The number of methoxy groups -OCH3 is 1. The molecule has 32 heavy (non-hydrogen) atoms. The van der Waals surface area contributed by atoms with Crippen molar-refractivity contribution in [3.63, 3.8) is 0 Å². The van der Waals surface area contributed by atoms with E-state index in [1.165, 1.54) is 5.56 Å². The third kappa shape index (κ3) is 6.23. The Kier molecular flexibility index (Phi) is 8.08. The maximum atomic E-state index is 12.6. The lowest BCUT2D eigenvalue weighted by molar-refractivity contribution is -0.123. The van der Waals surface area contributed by atoms with Gasteiger partial charge in [-0.2, -0.15) is 0 Å². The molecule has 8 nitrogen and oxygen atoms in total. The van der Waals surface area contributed by atoms with Crippen LogP contribution in [0.25, 0.3) is 0 Å². The Morgan fingerprint density at radius 2 is 1.91 bits per heavy atom. The van der Waals surface area contributed by atoms with Crippen LogP contribution >= 0.6 is 0 Å². The topological polar surface area (TPSA) is 95.1 Å². The number of hydrogen-bond donors (Lipinski definition) is 3. The van der Waals surface area contributed by atoms with E-state index >= 15 is 0 Å². The largest absolute Gasteiger partial charge is 0.496 e. The zero-order chi connectivity index (χ0) is 22.9. The van der Waals surface area contributed by atoms with Crippen molar-refractivity contribution in [2.75, 3.05) is 40.3 Å². The molecule has 0 saturated carbocycles. The number of ether oxygens (including phenoxy) is 1. The molecule has 2 aromatic rings. The summed E-state index contributed by atoms with van der Waals surface area (Å²) in [4.78, 5) is 29.9. The van der Waals surface area contributed by atoms with Crippen LogP contribution in [0.4, 0.5) is 0 Å². The first-order valence-corrected chi connectivity index (χ1v) is 10.7. The number of carbonyl (C=O) groups excluding carboxylic acids is 2. The summed E-state index contributed by atoms with van der Waals surface area (Å²) in [6, 6.07) is 13.7. The monoisotopic (exact) mass is 437 g/mol. The van der Waals surface area contributed by atoms with Crippen molar-refractivity contribution in [2.24, 2.45) is 4.99 Å². The van der Waals surface area contributed by atoms with Gasteiger partial charge in [0.1, 0.15) is 5.75 Å². The van der Waals surface area contributed by atoms with Crippen LogP contribution in [0.3, 0.4) is 0 Å². The minimum Gasteiger partial charge on any atom is -0.496 e. The summed E-state index contributed by atoms with van der Waals surface area (Å²) in [6.45, 7) is 4.49. The highest BCUT2D eigenvalue weighted by molar-refractivity contribution is 5.97. The number of nitrogens with one attached hydrogen (secondary N) is 3. The Bertz CT molecular complexity index is 972. The Balaban J connectivity index is 1.46. The van der Waals surface area contributed by atoms with Gasteiger partial charge in [0.2, 0.25) is 5.91 Å². The van der Waals surface area contributed by atoms with Crippen LogP contribution in [0, 0.1) is 6.92 Å². The van der Waals surface area contributed by atoms with Crippen LogP contribution in [0.1, 0.15) is 27.0 Å². The molecule has 3 N–H and O–H groups in total. The first-order chi connectivity index (χ1) is 15.5. The highest BCUT2D eigenvalue weighted by atomic mass is 16.5. The van der Waals surface area contributed by atoms with E-state index in [1.807, 2.05) is 19.1 Å². The first kappa shape index (κ1) is 23.1. The Labute approximate surface area is 189 Å². The third-order valence-corrected chi connectivity index (χ3v) is 5.39. The van der Waals surface area contributed by atoms with Gasteiger partial charge in [0.15, 0.2) is 5.96 Å². The van der Waals surface area contributed by atoms with Crippen molar-refractivity contribution < 1.29 is 14.3 Å². The second kappa shape index (κ2) is 11.2. The molecule has 2 amide bonds. The molecule has 1 fully saturated rings. The van der Waals surface area contributed by atoms with Crippen molar-refractivity contribution >= 4 is 17.8 Å². The second-order valence-electron chi connectivity index (χ2n) is 7.68. The van der Waals surface area contributed by atoms with Crippen LogP contribution < -0.4 is 20.7 Å². The lowest BCUT2D eigenvalue weighted by Gasteiger charge is -2.26. The van der Waals surface area contributed by atoms with Crippen LogP contribution in [0.5, 0.6) is 5.75 Å². The Morgan fingerprint density at radius 1 is 1.16 bits per heavy atom. The minimum atomic E-state index is -0.121. The molecule has 0 spiro atoms. The smallest absolute Gasteiger partial charge is 0.254 e. The molecular weight excluding hydrogens is 406 g/mol. The zero-order valence-electron chi connectivity index (χ0n) is 18.9. The maximum absolute atomic E-state index is 12.6. The molecule has 3 rings (SSSR count). The highest BCUT2D eigenvalue weighted by Gasteiger charge is 2.22. The van der Waals surface area contributed by atoms with Crippen molar-refractivity contribution in [2.45, 2.75) is 19.9 Å². The molecule has 0 radical (unpaired) electrons. The van der Waals surface area contributed by atoms with Crippen molar-refractivity contribution in [1.29, 1.82) is 0 Å². The number of carbonyl (C=O) groups is 2. The lowest BCUT2D eigenvalue weighted by atomic mass is 10.1. The van der Waals surface area contributed by atoms with Gasteiger partial charge in [-0.3, -0.25) is 14.6 Å². The molecule has 2 aromatic carbocycles. The number of aryl methyl sites for hydroxylation is 1. The average Bonchev–Trinajstić information content (AvgIpc) is 2.82. The molecule has 1 heterocycles. The molecule has 0 aromatic heterocycles. The number of guanidine groups is 1. The lowest BCUT2D eigenvalue weighted by Crippen LogP contribution is -2.49. The molecule has 1 saturated heterocycles. The van der Waals surface area contributed by atoms with E-state index in [2.05, 4.69) is 39.1 Å². The van der Waals surface area contributed by atoms with Gasteiger partial charge in [-0.25, -0.2) is 0 Å². The fourth-order valence-electron chi connectivity index (χ4n) is 3.51. The maximum Gasteiger partial charge on any atom is 0.254 e. The average molecular weight is 438 g/mol. The van der Waals surface area contributed by atoms with Gasteiger partial charge in [0.05, 0.1) is 13.7 Å². The molecule has 0 aliphatic carbocycles. The van der Waals surface area contributed by atoms with Gasteiger partial charge in [0, 0.05) is 38.8 Å². The molecular formula is C24H31N5O3. The molecule has 0 bridgehead atoms. The van der Waals surface area contributed by atoms with Gasteiger partial charge in [-0.1, -0.05) is 24.3 Å². The number of amides is 2. The summed E-state index contributed by atoms with van der Waals surface area (Å²) in [5.74, 6) is 1.37. The van der Waals surface area contributed by atoms with Gasteiger partial charge in [0.25, 0.3) is 5.91 Å². The first-order valence-electron chi connectivity index (χ1n) is 10.7. The number of aliphatic imine (C=N–C) groups is 1. The number of nitrogens with zero attached hydrogens (tertiary/aromatic N) is 2. The SMILES string of the molecule is CN=C(NCCc1ccc(C)c(OC)c1)NCc1ccc(C(=O)N2CCNC(=O)C2)cc1. The van der Waals surface area contributed by atoms with Gasteiger partial charge < -0.3 is 25.6 Å². The Hall–Kier alpha value is -3.55. The van der Waals surface area contributed by atoms with Crippen LogP contribution in [-0.4, -0.2) is 63.0 Å². The van der Waals surface area contributed by atoms with Gasteiger partial charge >= 0.3 is 0 Å². The summed E-state index contributed by atoms with van der Waals surface area (Å²) >= 11 is 0. The molecule has 8 heteroatoms. The van der Waals surface area contributed by atoms with Gasteiger partial charge in [-0.15, -0.1) is 0 Å². The normalized spacial score (nSPS) is 14.0. The summed E-state index contributed by atoms with van der Waals surface area (Å²) < 4.78 is 5.39. The number of rotatable bonds is 7. The van der Waals surface area contributed by atoms with E-state index in [9.17, 15) is 9.59 Å². The molecule has 170 valence electrons. The number of hydrogen-bond acceptors (Lipinski definition) is 4.